The fraction of sp³-hybridized carbons (Fsp3) is 0.0909. The highest BCUT2D eigenvalue weighted by molar-refractivity contribution is 7.12. The van der Waals surface area contributed by atoms with Crippen molar-refractivity contribution in [3.05, 3.63) is 34.3 Å². The molecule has 0 saturated carbocycles. The molecule has 5 nitrogen and oxygen atoms in total. The summed E-state index contributed by atoms with van der Waals surface area (Å²) >= 11 is 1.32. The van der Waals surface area contributed by atoms with Gasteiger partial charge in [0.05, 0.1) is 12.7 Å². The van der Waals surface area contributed by atoms with Crippen LogP contribution in [0.2, 0.25) is 0 Å². The number of nitrogens with two attached hydrogens (primary N) is 1. The Morgan fingerprint density at radius 3 is 3.24 bits per heavy atom. The molecule has 6 heteroatoms. The molecule has 2 heterocycles. The van der Waals surface area contributed by atoms with Crippen LogP contribution in [0.3, 0.4) is 0 Å². The standard InChI is InChI=1S/C11H9N3O2S/c12-4-1-2-8-3-5-17-10(8)11(15)14-9-6-13-16-7-9/h3,5-7H,4,12H2,(H,14,15). The minimum absolute atomic E-state index is 0.232. The molecule has 0 unspecified atom stereocenters. The third kappa shape index (κ3) is 2.72. The second kappa shape index (κ2) is 5.30. The third-order valence-electron chi connectivity index (χ3n) is 1.89. The Hall–Kier alpha value is -2.10. The van der Waals surface area contributed by atoms with Crippen molar-refractivity contribution in [1.82, 2.24) is 5.16 Å². The van der Waals surface area contributed by atoms with Crippen LogP contribution >= 0.6 is 11.3 Å². The molecule has 2 aromatic heterocycles. The van der Waals surface area contributed by atoms with Gasteiger partial charge >= 0.3 is 0 Å². The number of carbonyl (C=O) groups excluding carboxylic acids is 1. The number of thiophene rings is 1. The molecule has 0 spiro atoms. The molecule has 0 bridgehead atoms. The average Bonchev–Trinajstić information content (AvgIpc) is 2.96. The van der Waals surface area contributed by atoms with E-state index in [4.69, 9.17) is 5.73 Å². The predicted octanol–water partition coefficient (Wildman–Crippen LogP) is 1.30. The predicted molar refractivity (Wildman–Crippen MR) is 64.7 cm³/mol. The van der Waals surface area contributed by atoms with Gasteiger partial charge in [0.25, 0.3) is 5.91 Å². The number of hydrogen-bond acceptors (Lipinski definition) is 5. The Bertz CT molecular complexity index is 563. The minimum atomic E-state index is -0.232. The second-order valence-electron chi connectivity index (χ2n) is 3.04. The van der Waals surface area contributed by atoms with E-state index in [1.54, 1.807) is 6.07 Å². The van der Waals surface area contributed by atoms with Crippen molar-refractivity contribution >= 4 is 22.9 Å². The van der Waals surface area contributed by atoms with Gasteiger partial charge in [-0.2, -0.15) is 0 Å². The summed E-state index contributed by atoms with van der Waals surface area (Å²) in [4.78, 5) is 12.4. The van der Waals surface area contributed by atoms with Crippen LogP contribution in [0.1, 0.15) is 15.2 Å². The fourth-order valence-electron chi connectivity index (χ4n) is 1.18. The smallest absolute Gasteiger partial charge is 0.267 e. The van der Waals surface area contributed by atoms with E-state index in [0.29, 0.717) is 16.1 Å². The monoisotopic (exact) mass is 247 g/mol. The molecule has 0 atom stereocenters. The van der Waals surface area contributed by atoms with Crippen molar-refractivity contribution in [2.45, 2.75) is 0 Å². The van der Waals surface area contributed by atoms with Crippen molar-refractivity contribution in [2.24, 2.45) is 5.73 Å². The molecule has 0 saturated heterocycles. The number of hydrogen-bond donors (Lipinski definition) is 2. The highest BCUT2D eigenvalue weighted by atomic mass is 32.1. The van der Waals surface area contributed by atoms with Gasteiger partial charge in [-0.15, -0.1) is 11.3 Å². The molecule has 1 amide bonds. The zero-order valence-corrected chi connectivity index (χ0v) is 9.58. The van der Waals surface area contributed by atoms with Crippen molar-refractivity contribution in [3.63, 3.8) is 0 Å². The first-order valence-electron chi connectivity index (χ1n) is 4.78. The summed E-state index contributed by atoms with van der Waals surface area (Å²) < 4.78 is 4.62. The largest absolute Gasteiger partial charge is 0.363 e. The summed E-state index contributed by atoms with van der Waals surface area (Å²) in [7, 11) is 0. The van der Waals surface area contributed by atoms with E-state index < -0.39 is 0 Å². The molecular weight excluding hydrogens is 238 g/mol. The molecular formula is C11H9N3O2S. The number of aromatic nitrogens is 1. The molecule has 0 radical (unpaired) electrons. The van der Waals surface area contributed by atoms with Gasteiger partial charge < -0.3 is 15.6 Å². The van der Waals surface area contributed by atoms with Crippen LogP contribution in [0.5, 0.6) is 0 Å². The Morgan fingerprint density at radius 1 is 1.65 bits per heavy atom. The summed E-state index contributed by atoms with van der Waals surface area (Å²) in [6, 6.07) is 1.79. The molecule has 3 N–H and O–H groups in total. The van der Waals surface area contributed by atoms with Gasteiger partial charge in [0.15, 0.2) is 0 Å². The van der Waals surface area contributed by atoms with Crippen LogP contribution < -0.4 is 11.1 Å². The minimum Gasteiger partial charge on any atom is -0.363 e. The zero-order valence-electron chi connectivity index (χ0n) is 8.77. The first-order valence-corrected chi connectivity index (χ1v) is 5.66. The third-order valence-corrected chi connectivity index (χ3v) is 2.80. The number of amides is 1. The normalized spacial score (nSPS) is 9.47. The summed E-state index contributed by atoms with van der Waals surface area (Å²) in [5, 5.41) is 7.96. The maximum atomic E-state index is 11.9. The van der Waals surface area contributed by atoms with Crippen LogP contribution in [0, 0.1) is 11.8 Å². The Morgan fingerprint density at radius 2 is 2.53 bits per heavy atom. The van der Waals surface area contributed by atoms with E-state index in [2.05, 4.69) is 26.8 Å². The molecule has 0 aliphatic heterocycles. The number of nitrogens with zero attached hydrogens (tertiary/aromatic N) is 1. The van der Waals surface area contributed by atoms with E-state index in [9.17, 15) is 4.79 Å². The van der Waals surface area contributed by atoms with Crippen LogP contribution in [0.4, 0.5) is 5.69 Å². The Kier molecular flexibility index (Phi) is 3.55. The lowest BCUT2D eigenvalue weighted by atomic mass is 10.2. The molecule has 17 heavy (non-hydrogen) atoms. The summed E-state index contributed by atoms with van der Waals surface area (Å²) in [6.45, 7) is 0.266. The SMILES string of the molecule is NCC#Cc1ccsc1C(=O)Nc1cnoc1. The lowest BCUT2D eigenvalue weighted by Gasteiger charge is -1.99. The lowest BCUT2D eigenvalue weighted by Crippen LogP contribution is -2.10. The van der Waals surface area contributed by atoms with Gasteiger partial charge in [-0.25, -0.2) is 0 Å². The lowest BCUT2D eigenvalue weighted by molar-refractivity contribution is 0.103. The fourth-order valence-corrected chi connectivity index (χ4v) is 1.93. The summed E-state index contributed by atoms with van der Waals surface area (Å²) in [5.41, 5.74) is 6.48. The van der Waals surface area contributed by atoms with Crippen molar-refractivity contribution in [1.29, 1.82) is 0 Å². The molecule has 2 rings (SSSR count). The second-order valence-corrected chi connectivity index (χ2v) is 3.95. The van der Waals surface area contributed by atoms with E-state index in [-0.39, 0.29) is 12.5 Å². The number of nitrogens with one attached hydrogen (secondary N) is 1. The van der Waals surface area contributed by atoms with E-state index in [1.807, 2.05) is 5.38 Å². The van der Waals surface area contributed by atoms with Crippen molar-refractivity contribution in [3.8, 4) is 11.8 Å². The summed E-state index contributed by atoms with van der Waals surface area (Å²) in [5.74, 6) is 5.34. The van der Waals surface area contributed by atoms with E-state index in [1.165, 1.54) is 23.8 Å². The molecule has 86 valence electrons. The van der Waals surface area contributed by atoms with E-state index in [0.717, 1.165) is 0 Å². The van der Waals surface area contributed by atoms with Gasteiger partial charge in [-0.3, -0.25) is 4.79 Å². The van der Waals surface area contributed by atoms with Crippen molar-refractivity contribution < 1.29 is 9.32 Å². The Balaban J connectivity index is 2.17. The van der Waals surface area contributed by atoms with Gasteiger partial charge in [0.2, 0.25) is 0 Å². The van der Waals surface area contributed by atoms with Gasteiger partial charge in [-0.05, 0) is 11.4 Å². The molecule has 2 aromatic rings. The zero-order chi connectivity index (χ0) is 12.1. The molecule has 0 aromatic carbocycles. The quantitative estimate of drug-likeness (QED) is 0.784. The van der Waals surface area contributed by atoms with Crippen LogP contribution in [0.15, 0.2) is 28.4 Å². The molecule has 0 fully saturated rings. The first-order chi connectivity index (χ1) is 8.31. The maximum absolute atomic E-state index is 11.9. The number of anilines is 1. The maximum Gasteiger partial charge on any atom is 0.267 e. The highest BCUT2D eigenvalue weighted by Crippen LogP contribution is 2.17. The van der Waals surface area contributed by atoms with E-state index >= 15 is 0 Å². The average molecular weight is 247 g/mol. The van der Waals surface area contributed by atoms with Crippen LogP contribution in [0.25, 0.3) is 0 Å². The molecule has 0 aliphatic carbocycles. The summed E-state index contributed by atoms with van der Waals surface area (Å²) in [6.07, 6.45) is 2.79. The topological polar surface area (TPSA) is 81.2 Å². The first kappa shape index (κ1) is 11.4. The van der Waals surface area contributed by atoms with Gasteiger partial charge in [-0.1, -0.05) is 17.0 Å². The van der Waals surface area contributed by atoms with Crippen LogP contribution in [-0.4, -0.2) is 17.6 Å². The number of carbonyl (C=O) groups is 1. The van der Waals surface area contributed by atoms with Crippen molar-refractivity contribution in [2.75, 3.05) is 11.9 Å². The number of rotatable bonds is 2. The molecule has 0 aliphatic rings. The van der Waals surface area contributed by atoms with Crippen LogP contribution in [-0.2, 0) is 0 Å². The highest BCUT2D eigenvalue weighted by Gasteiger charge is 2.12. The van der Waals surface area contributed by atoms with Gasteiger partial charge in [0, 0.05) is 5.56 Å². The Labute approximate surface area is 102 Å². The van der Waals surface area contributed by atoms with Gasteiger partial charge in [0.1, 0.15) is 16.8 Å².